The molecule has 0 aromatic heterocycles. The van der Waals surface area contributed by atoms with Crippen LogP contribution in [0.1, 0.15) is 20.3 Å². The molecular weight excluding hydrogens is 303 g/mol. The Kier molecular flexibility index (Phi) is 5.10. The molecule has 0 aliphatic heterocycles. The van der Waals surface area contributed by atoms with Gasteiger partial charge in [-0.3, -0.25) is 0 Å². The maximum absolute atomic E-state index is 13.1. The minimum Gasteiger partial charge on any atom is -0.396 e. The molecule has 0 radical (unpaired) electrons. The number of hydrogen-bond donors (Lipinski definition) is 3. The summed E-state index contributed by atoms with van der Waals surface area (Å²) in [5.74, 6) is -0.436. The number of halogens is 2. The van der Waals surface area contributed by atoms with Crippen LogP contribution < -0.4 is 10.6 Å². The number of nitrogens with one attached hydrogen (secondary N) is 2. The van der Waals surface area contributed by atoms with E-state index in [0.717, 1.165) is 0 Å². The first-order chi connectivity index (χ1) is 8.32. The van der Waals surface area contributed by atoms with E-state index in [1.165, 1.54) is 12.1 Å². The smallest absolute Gasteiger partial charge is 0.319 e. The van der Waals surface area contributed by atoms with E-state index in [-0.39, 0.29) is 6.61 Å². The fourth-order valence-corrected chi connectivity index (χ4v) is 1.90. The van der Waals surface area contributed by atoms with Gasteiger partial charge in [0.2, 0.25) is 0 Å². The predicted molar refractivity (Wildman–Crippen MR) is 72.0 cm³/mol. The van der Waals surface area contributed by atoms with Crippen molar-refractivity contribution in [3.63, 3.8) is 0 Å². The third-order valence-corrected chi connectivity index (χ3v) is 2.77. The zero-order valence-corrected chi connectivity index (χ0v) is 11.8. The first kappa shape index (κ1) is 14.9. The van der Waals surface area contributed by atoms with Gasteiger partial charge < -0.3 is 15.7 Å². The summed E-state index contributed by atoms with van der Waals surface area (Å²) in [5.41, 5.74) is -0.164. The third kappa shape index (κ3) is 5.01. The zero-order chi connectivity index (χ0) is 13.8. The van der Waals surface area contributed by atoms with Crippen LogP contribution in [-0.4, -0.2) is 23.3 Å². The number of aliphatic hydroxyl groups is 1. The standard InChI is InChI=1S/C12H16BrFN2O2/c1-12(2,3-4-17)16-11(18)15-10-6-8(13)5-9(14)7-10/h5-7,17H,3-4H2,1-2H3,(H2,15,16,18). The van der Waals surface area contributed by atoms with Crippen molar-refractivity contribution >= 4 is 27.6 Å². The summed E-state index contributed by atoms with van der Waals surface area (Å²) in [5, 5.41) is 14.1. The Morgan fingerprint density at radius 1 is 1.44 bits per heavy atom. The lowest BCUT2D eigenvalue weighted by Crippen LogP contribution is -2.46. The van der Waals surface area contributed by atoms with Gasteiger partial charge in [-0.2, -0.15) is 0 Å². The summed E-state index contributed by atoms with van der Waals surface area (Å²) in [4.78, 5) is 11.7. The second-order valence-electron chi connectivity index (χ2n) is 4.59. The Hall–Kier alpha value is -1.14. The zero-order valence-electron chi connectivity index (χ0n) is 10.3. The molecule has 0 fully saturated rings. The van der Waals surface area contributed by atoms with Crippen LogP contribution >= 0.6 is 15.9 Å². The van der Waals surface area contributed by atoms with Crippen LogP contribution in [0, 0.1) is 5.82 Å². The molecule has 18 heavy (non-hydrogen) atoms. The summed E-state index contributed by atoms with van der Waals surface area (Å²) in [6, 6.07) is 3.69. The second kappa shape index (κ2) is 6.15. The summed E-state index contributed by atoms with van der Waals surface area (Å²) in [6.45, 7) is 3.58. The minimum absolute atomic E-state index is 0.0151. The molecule has 6 heteroatoms. The highest BCUT2D eigenvalue weighted by atomic mass is 79.9. The molecule has 100 valence electrons. The van der Waals surface area contributed by atoms with E-state index in [2.05, 4.69) is 26.6 Å². The van der Waals surface area contributed by atoms with Gasteiger partial charge in [-0.15, -0.1) is 0 Å². The predicted octanol–water partition coefficient (Wildman–Crippen LogP) is 2.87. The van der Waals surface area contributed by atoms with E-state index in [0.29, 0.717) is 16.6 Å². The van der Waals surface area contributed by atoms with Crippen LogP contribution in [0.4, 0.5) is 14.9 Å². The van der Waals surface area contributed by atoms with Gasteiger partial charge in [-0.25, -0.2) is 9.18 Å². The first-order valence-corrected chi connectivity index (χ1v) is 6.28. The van der Waals surface area contributed by atoms with E-state index in [9.17, 15) is 9.18 Å². The van der Waals surface area contributed by atoms with Crippen molar-refractivity contribution in [2.45, 2.75) is 25.8 Å². The average molecular weight is 319 g/mol. The van der Waals surface area contributed by atoms with Gasteiger partial charge in [0.15, 0.2) is 0 Å². The summed E-state index contributed by atoms with van der Waals surface area (Å²) in [7, 11) is 0. The average Bonchev–Trinajstić information content (AvgIpc) is 2.13. The van der Waals surface area contributed by atoms with Crippen LogP contribution in [0.15, 0.2) is 22.7 Å². The number of aliphatic hydroxyl groups excluding tert-OH is 1. The molecule has 0 saturated heterocycles. The van der Waals surface area contributed by atoms with Crippen LogP contribution in [-0.2, 0) is 0 Å². The van der Waals surface area contributed by atoms with Crippen molar-refractivity contribution in [3.8, 4) is 0 Å². The summed E-state index contributed by atoms with van der Waals surface area (Å²) in [6.07, 6.45) is 0.438. The largest absolute Gasteiger partial charge is 0.396 e. The molecule has 2 amide bonds. The van der Waals surface area contributed by atoms with Crippen molar-refractivity contribution in [3.05, 3.63) is 28.5 Å². The molecule has 0 atom stereocenters. The molecule has 1 aromatic rings. The highest BCUT2D eigenvalue weighted by Gasteiger charge is 2.19. The van der Waals surface area contributed by atoms with E-state index in [4.69, 9.17) is 5.11 Å². The SMILES string of the molecule is CC(C)(CCO)NC(=O)Nc1cc(F)cc(Br)c1. The van der Waals surface area contributed by atoms with Gasteiger partial charge in [-0.05, 0) is 38.5 Å². The second-order valence-corrected chi connectivity index (χ2v) is 5.51. The lowest BCUT2D eigenvalue weighted by atomic mass is 10.0. The molecular formula is C12H16BrFN2O2. The first-order valence-electron chi connectivity index (χ1n) is 5.48. The number of anilines is 1. The van der Waals surface area contributed by atoms with Gasteiger partial charge in [0, 0.05) is 22.3 Å². The molecule has 1 rings (SSSR count). The highest BCUT2D eigenvalue weighted by molar-refractivity contribution is 9.10. The third-order valence-electron chi connectivity index (χ3n) is 2.31. The maximum Gasteiger partial charge on any atom is 0.319 e. The topological polar surface area (TPSA) is 61.4 Å². The van der Waals surface area contributed by atoms with Gasteiger partial charge in [0.05, 0.1) is 0 Å². The van der Waals surface area contributed by atoms with Gasteiger partial charge >= 0.3 is 6.03 Å². The van der Waals surface area contributed by atoms with Gasteiger partial charge in [0.25, 0.3) is 0 Å². The van der Waals surface area contributed by atoms with E-state index in [1.807, 2.05) is 0 Å². The van der Waals surface area contributed by atoms with Crippen molar-refractivity contribution in [2.24, 2.45) is 0 Å². The number of hydrogen-bond acceptors (Lipinski definition) is 2. The normalized spacial score (nSPS) is 11.2. The molecule has 1 aromatic carbocycles. The number of carbonyl (C=O) groups excluding carboxylic acids is 1. The lowest BCUT2D eigenvalue weighted by molar-refractivity contribution is 0.218. The molecule has 3 N–H and O–H groups in total. The van der Waals surface area contributed by atoms with Crippen molar-refractivity contribution in [1.29, 1.82) is 0 Å². The highest BCUT2D eigenvalue weighted by Crippen LogP contribution is 2.18. The molecule has 0 aliphatic carbocycles. The number of amides is 2. The van der Waals surface area contributed by atoms with Crippen LogP contribution in [0.2, 0.25) is 0 Å². The van der Waals surface area contributed by atoms with Crippen molar-refractivity contribution in [1.82, 2.24) is 5.32 Å². The van der Waals surface area contributed by atoms with E-state index >= 15 is 0 Å². The monoisotopic (exact) mass is 318 g/mol. The Morgan fingerprint density at radius 2 is 2.11 bits per heavy atom. The fourth-order valence-electron chi connectivity index (χ4n) is 1.44. The van der Waals surface area contributed by atoms with Crippen LogP contribution in [0.25, 0.3) is 0 Å². The molecule has 0 spiro atoms. The van der Waals surface area contributed by atoms with Gasteiger partial charge in [-0.1, -0.05) is 15.9 Å². The van der Waals surface area contributed by atoms with Crippen molar-refractivity contribution < 1.29 is 14.3 Å². The van der Waals surface area contributed by atoms with Crippen LogP contribution in [0.5, 0.6) is 0 Å². The Morgan fingerprint density at radius 3 is 2.67 bits per heavy atom. The molecule has 0 heterocycles. The summed E-state index contributed by atoms with van der Waals surface area (Å²) >= 11 is 3.14. The van der Waals surface area contributed by atoms with Crippen molar-refractivity contribution in [2.75, 3.05) is 11.9 Å². The Bertz CT molecular complexity index is 418. The molecule has 0 saturated carbocycles. The maximum atomic E-state index is 13.1. The Balaban J connectivity index is 2.64. The van der Waals surface area contributed by atoms with E-state index < -0.39 is 17.4 Å². The molecule has 0 bridgehead atoms. The number of rotatable bonds is 4. The fraction of sp³-hybridized carbons (Fsp3) is 0.417. The quantitative estimate of drug-likeness (QED) is 0.799. The number of urea groups is 1. The Labute approximate surface area is 114 Å². The number of benzene rings is 1. The van der Waals surface area contributed by atoms with Gasteiger partial charge in [0.1, 0.15) is 5.82 Å². The molecule has 0 aliphatic rings. The molecule has 4 nitrogen and oxygen atoms in total. The molecule has 0 unspecified atom stereocenters. The lowest BCUT2D eigenvalue weighted by Gasteiger charge is -2.25. The summed E-state index contributed by atoms with van der Waals surface area (Å²) < 4.78 is 13.7. The number of carbonyl (C=O) groups is 1. The van der Waals surface area contributed by atoms with E-state index in [1.54, 1.807) is 19.9 Å². The van der Waals surface area contributed by atoms with Crippen LogP contribution in [0.3, 0.4) is 0 Å². The minimum atomic E-state index is -0.524.